The van der Waals surface area contributed by atoms with Crippen molar-refractivity contribution >= 4 is 39.2 Å². The number of thioether (sulfide) groups is 1. The maximum Gasteiger partial charge on any atom is 0.263 e. The van der Waals surface area contributed by atoms with Gasteiger partial charge in [-0.1, -0.05) is 11.8 Å². The topological polar surface area (TPSA) is 73.2 Å². The van der Waals surface area contributed by atoms with Crippen LogP contribution in [0.25, 0.3) is 10.2 Å². The second-order valence-corrected chi connectivity index (χ2v) is 9.10. The van der Waals surface area contributed by atoms with E-state index in [2.05, 4.69) is 5.32 Å². The molecule has 1 fully saturated rings. The molecular weight excluding hydrogens is 382 g/mol. The fourth-order valence-electron chi connectivity index (χ4n) is 3.86. The molecule has 0 aromatic carbocycles. The average molecular weight is 408 g/mol. The second kappa shape index (κ2) is 8.32. The highest BCUT2D eigenvalue weighted by Gasteiger charge is 2.25. The Morgan fingerprint density at radius 1 is 1.37 bits per heavy atom. The molecule has 2 aliphatic rings. The molecule has 1 atom stereocenters. The van der Waals surface area contributed by atoms with E-state index in [1.807, 2.05) is 6.92 Å². The number of nitrogens with zero attached hydrogens (tertiary/aromatic N) is 2. The fraction of sp³-hybridized carbons (Fsp3) is 0.632. The molecule has 1 saturated heterocycles. The van der Waals surface area contributed by atoms with Crippen LogP contribution in [0.15, 0.2) is 9.95 Å². The number of fused-ring (bicyclic) bond motifs is 3. The van der Waals surface area contributed by atoms with E-state index in [9.17, 15) is 9.59 Å². The van der Waals surface area contributed by atoms with Gasteiger partial charge >= 0.3 is 0 Å². The lowest BCUT2D eigenvalue weighted by molar-refractivity contribution is -0.118. The third-order valence-corrected chi connectivity index (χ3v) is 7.32. The van der Waals surface area contributed by atoms with Gasteiger partial charge in [0.05, 0.1) is 23.8 Å². The van der Waals surface area contributed by atoms with Crippen LogP contribution < -0.4 is 10.9 Å². The van der Waals surface area contributed by atoms with Gasteiger partial charge in [-0.15, -0.1) is 11.3 Å². The number of hydrogen-bond acceptors (Lipinski definition) is 6. The average Bonchev–Trinajstić information content (AvgIpc) is 3.30. The summed E-state index contributed by atoms with van der Waals surface area (Å²) in [4.78, 5) is 32.3. The van der Waals surface area contributed by atoms with E-state index in [-0.39, 0.29) is 23.3 Å². The fourth-order valence-corrected chi connectivity index (χ4v) is 6.00. The molecule has 0 spiro atoms. The van der Waals surface area contributed by atoms with Crippen molar-refractivity contribution in [2.24, 2.45) is 0 Å². The van der Waals surface area contributed by atoms with Crippen molar-refractivity contribution < 1.29 is 9.53 Å². The highest BCUT2D eigenvalue weighted by atomic mass is 32.2. The van der Waals surface area contributed by atoms with Crippen LogP contribution in [0.1, 0.15) is 43.0 Å². The Hall–Kier alpha value is -1.38. The van der Waals surface area contributed by atoms with Gasteiger partial charge in [-0.05, 0) is 51.0 Å². The lowest BCUT2D eigenvalue weighted by Crippen LogP contribution is -2.30. The predicted molar refractivity (Wildman–Crippen MR) is 109 cm³/mol. The van der Waals surface area contributed by atoms with E-state index in [1.165, 1.54) is 28.6 Å². The molecular formula is C19H25N3O3S2. The third-order valence-electron chi connectivity index (χ3n) is 5.16. The van der Waals surface area contributed by atoms with Gasteiger partial charge in [0.2, 0.25) is 5.91 Å². The minimum Gasteiger partial charge on any atom is -0.376 e. The van der Waals surface area contributed by atoms with Crippen molar-refractivity contribution in [1.82, 2.24) is 14.9 Å². The van der Waals surface area contributed by atoms with Gasteiger partial charge in [-0.25, -0.2) is 4.98 Å². The van der Waals surface area contributed by atoms with Gasteiger partial charge in [-0.3, -0.25) is 14.2 Å². The molecule has 8 heteroatoms. The predicted octanol–water partition coefficient (Wildman–Crippen LogP) is 2.74. The molecule has 0 saturated carbocycles. The maximum atomic E-state index is 13.4. The van der Waals surface area contributed by atoms with Crippen molar-refractivity contribution in [3.8, 4) is 0 Å². The van der Waals surface area contributed by atoms with Gasteiger partial charge in [0.15, 0.2) is 5.16 Å². The van der Waals surface area contributed by atoms with Gasteiger partial charge < -0.3 is 10.1 Å². The van der Waals surface area contributed by atoms with Crippen LogP contribution in [0, 0.1) is 0 Å². The molecule has 1 aliphatic carbocycles. The van der Waals surface area contributed by atoms with E-state index in [0.717, 1.165) is 48.9 Å². The minimum atomic E-state index is -0.0361. The van der Waals surface area contributed by atoms with Gasteiger partial charge in [-0.2, -0.15) is 0 Å². The zero-order valence-corrected chi connectivity index (χ0v) is 17.2. The summed E-state index contributed by atoms with van der Waals surface area (Å²) < 4.78 is 7.52. The van der Waals surface area contributed by atoms with Gasteiger partial charge in [0, 0.05) is 18.0 Å². The lowest BCUT2D eigenvalue weighted by Gasteiger charge is -2.16. The molecule has 1 N–H and O–H groups in total. The normalized spacial score (nSPS) is 19.4. The van der Waals surface area contributed by atoms with Crippen LogP contribution in [0.2, 0.25) is 0 Å². The Labute approximate surface area is 166 Å². The molecule has 1 unspecified atom stereocenters. The molecule has 1 aliphatic heterocycles. The van der Waals surface area contributed by atoms with Crippen LogP contribution in [-0.4, -0.2) is 40.5 Å². The van der Waals surface area contributed by atoms with Gasteiger partial charge in [0.1, 0.15) is 4.83 Å². The van der Waals surface area contributed by atoms with Crippen LogP contribution in [0.3, 0.4) is 0 Å². The molecule has 146 valence electrons. The summed E-state index contributed by atoms with van der Waals surface area (Å²) in [5.41, 5.74) is 1.24. The van der Waals surface area contributed by atoms with Crippen molar-refractivity contribution in [2.75, 3.05) is 18.9 Å². The Bertz CT molecular complexity index is 900. The number of aryl methyl sites for hydroxylation is 2. The molecule has 3 heterocycles. The zero-order valence-electron chi connectivity index (χ0n) is 15.6. The van der Waals surface area contributed by atoms with E-state index in [0.29, 0.717) is 18.2 Å². The third kappa shape index (κ3) is 3.93. The summed E-state index contributed by atoms with van der Waals surface area (Å²) in [6.07, 6.45) is 6.39. The quantitative estimate of drug-likeness (QED) is 0.589. The number of nitrogens with one attached hydrogen (secondary N) is 1. The van der Waals surface area contributed by atoms with Crippen LogP contribution >= 0.6 is 23.1 Å². The molecule has 27 heavy (non-hydrogen) atoms. The number of aromatic nitrogens is 2. The summed E-state index contributed by atoms with van der Waals surface area (Å²) in [7, 11) is 0. The van der Waals surface area contributed by atoms with E-state index >= 15 is 0 Å². The number of carbonyl (C=O) groups is 1. The van der Waals surface area contributed by atoms with Crippen molar-refractivity contribution in [1.29, 1.82) is 0 Å². The first-order valence-corrected chi connectivity index (χ1v) is 11.5. The maximum absolute atomic E-state index is 13.4. The van der Waals surface area contributed by atoms with Crippen molar-refractivity contribution in [3.63, 3.8) is 0 Å². The first-order chi connectivity index (χ1) is 13.2. The second-order valence-electron chi connectivity index (χ2n) is 7.08. The van der Waals surface area contributed by atoms with E-state index in [1.54, 1.807) is 15.9 Å². The summed E-state index contributed by atoms with van der Waals surface area (Å²) in [6, 6.07) is 0. The monoisotopic (exact) mass is 407 g/mol. The van der Waals surface area contributed by atoms with E-state index < -0.39 is 0 Å². The number of amides is 1. The highest BCUT2D eigenvalue weighted by molar-refractivity contribution is 7.99. The molecule has 0 bridgehead atoms. The largest absolute Gasteiger partial charge is 0.376 e. The smallest absolute Gasteiger partial charge is 0.263 e. The molecule has 4 rings (SSSR count). The highest BCUT2D eigenvalue weighted by Crippen LogP contribution is 2.34. The van der Waals surface area contributed by atoms with Crippen molar-refractivity contribution in [3.05, 3.63) is 20.8 Å². The first-order valence-electron chi connectivity index (χ1n) is 9.73. The Morgan fingerprint density at radius 2 is 2.22 bits per heavy atom. The molecule has 1 amide bonds. The van der Waals surface area contributed by atoms with E-state index in [4.69, 9.17) is 9.72 Å². The number of carbonyl (C=O) groups excluding carboxylic acids is 1. The molecule has 2 aromatic rings. The van der Waals surface area contributed by atoms with Crippen LogP contribution in [-0.2, 0) is 28.9 Å². The molecule has 2 aromatic heterocycles. The van der Waals surface area contributed by atoms with Gasteiger partial charge in [0.25, 0.3) is 5.56 Å². The Morgan fingerprint density at radius 3 is 3.00 bits per heavy atom. The molecule has 6 nitrogen and oxygen atoms in total. The van der Waals surface area contributed by atoms with Crippen molar-refractivity contribution in [2.45, 2.75) is 63.3 Å². The summed E-state index contributed by atoms with van der Waals surface area (Å²) in [6.45, 7) is 3.77. The Balaban J connectivity index is 1.73. The standard InChI is InChI=1S/C19H25N3O3S2/c1-2-20-15(23)11-26-19-21-17-16(13-7-3-4-8-14(13)27-17)18(24)22(19)10-12-6-5-9-25-12/h12H,2-11H2,1H3,(H,20,23). The number of ether oxygens (including phenoxy) is 1. The van der Waals surface area contributed by atoms with Crippen LogP contribution in [0.4, 0.5) is 0 Å². The minimum absolute atomic E-state index is 0.0355. The lowest BCUT2D eigenvalue weighted by atomic mass is 9.97. The zero-order chi connectivity index (χ0) is 18.8. The summed E-state index contributed by atoms with van der Waals surface area (Å²) in [5.74, 6) is 0.230. The summed E-state index contributed by atoms with van der Waals surface area (Å²) in [5, 5.41) is 4.24. The Kier molecular flexibility index (Phi) is 5.85. The SMILES string of the molecule is CCNC(=O)CSc1nc2sc3c(c2c(=O)n1CC1CCCO1)CCCC3. The number of thiophene rings is 1. The number of hydrogen-bond donors (Lipinski definition) is 1. The summed E-state index contributed by atoms with van der Waals surface area (Å²) >= 11 is 3.00. The first kappa shape index (κ1) is 19.0. The molecule has 0 radical (unpaired) electrons. The number of rotatable bonds is 6. The van der Waals surface area contributed by atoms with Crippen LogP contribution in [0.5, 0.6) is 0 Å².